The van der Waals surface area contributed by atoms with Gasteiger partial charge in [-0.15, -0.1) is 0 Å². The van der Waals surface area contributed by atoms with E-state index in [4.69, 9.17) is 0 Å². The average Bonchev–Trinajstić information content (AvgIpc) is 2.31. The second-order valence-corrected chi connectivity index (χ2v) is 2.98. The minimum atomic E-state index is -0.986. The number of carbonyl (C=O) groups is 1. The minimum absolute atomic E-state index is 0.337. The zero-order valence-corrected chi connectivity index (χ0v) is 6.66. The normalized spacial score (nSPS) is 20.5. The lowest BCUT2D eigenvalue weighted by Gasteiger charge is -2.00. The van der Waals surface area contributed by atoms with E-state index in [0.29, 0.717) is 5.56 Å². The molecule has 1 aromatic carbocycles. The predicted octanol–water partition coefficient (Wildman–Crippen LogP) is 0.981. The number of hydrogen-bond acceptors (Lipinski definition) is 2. The first-order chi connectivity index (χ1) is 5.68. The van der Waals surface area contributed by atoms with Crippen molar-refractivity contribution < 1.29 is 9.90 Å². The van der Waals surface area contributed by atoms with Crippen LogP contribution in [-0.4, -0.2) is 11.0 Å². The first kappa shape index (κ1) is 7.31. The number of aliphatic hydroxyl groups excluding tert-OH is 1. The van der Waals surface area contributed by atoms with Gasteiger partial charge in [-0.1, -0.05) is 17.7 Å². The maximum Gasteiger partial charge on any atom is 0.257 e. The Balaban J connectivity index is 2.55. The lowest BCUT2D eigenvalue weighted by atomic mass is 10.1. The number of fused-ring (bicyclic) bond motifs is 1. The van der Waals surface area contributed by atoms with E-state index in [1.54, 1.807) is 6.07 Å². The number of hydrogen-bond donors (Lipinski definition) is 2. The Morgan fingerprint density at radius 1 is 1.50 bits per heavy atom. The molecule has 0 aliphatic carbocycles. The van der Waals surface area contributed by atoms with Gasteiger partial charge in [-0.3, -0.25) is 4.79 Å². The van der Waals surface area contributed by atoms with Gasteiger partial charge in [0, 0.05) is 11.3 Å². The molecule has 0 fully saturated rings. The van der Waals surface area contributed by atoms with E-state index in [2.05, 4.69) is 5.32 Å². The Bertz CT molecular complexity index is 346. The van der Waals surface area contributed by atoms with Gasteiger partial charge in [-0.25, -0.2) is 0 Å². The fourth-order valence-electron chi connectivity index (χ4n) is 1.36. The molecule has 12 heavy (non-hydrogen) atoms. The summed E-state index contributed by atoms with van der Waals surface area (Å²) in [6.45, 7) is 1.93. The number of anilines is 1. The molecule has 0 radical (unpaired) electrons. The van der Waals surface area contributed by atoms with Crippen LogP contribution in [0.15, 0.2) is 18.2 Å². The molecule has 2 rings (SSSR count). The van der Waals surface area contributed by atoms with Gasteiger partial charge in [0.05, 0.1) is 0 Å². The Morgan fingerprint density at radius 3 is 3.00 bits per heavy atom. The van der Waals surface area contributed by atoms with Crippen LogP contribution in [0.2, 0.25) is 0 Å². The van der Waals surface area contributed by atoms with Gasteiger partial charge >= 0.3 is 0 Å². The van der Waals surface area contributed by atoms with Crippen molar-refractivity contribution in [2.24, 2.45) is 0 Å². The molecule has 0 aromatic heterocycles. The molecule has 0 unspecified atom stereocenters. The van der Waals surface area contributed by atoms with Gasteiger partial charge < -0.3 is 10.4 Å². The number of amides is 1. The smallest absolute Gasteiger partial charge is 0.257 e. The number of benzene rings is 1. The number of rotatable bonds is 0. The molecule has 3 nitrogen and oxygen atoms in total. The largest absolute Gasteiger partial charge is 0.378 e. The van der Waals surface area contributed by atoms with Gasteiger partial charge in [-0.05, 0) is 13.0 Å². The third kappa shape index (κ3) is 0.905. The molecule has 62 valence electrons. The SMILES string of the molecule is Cc1ccc2c(c1)[C@H](O)C(=O)N2. The van der Waals surface area contributed by atoms with Crippen molar-refractivity contribution in [3.8, 4) is 0 Å². The maximum absolute atomic E-state index is 11.0. The number of nitrogens with one attached hydrogen (secondary N) is 1. The summed E-state index contributed by atoms with van der Waals surface area (Å²) >= 11 is 0. The molecule has 2 N–H and O–H groups in total. The summed E-state index contributed by atoms with van der Waals surface area (Å²) in [6.07, 6.45) is -0.986. The van der Waals surface area contributed by atoms with Crippen LogP contribution < -0.4 is 5.32 Å². The molecule has 0 bridgehead atoms. The first-order valence-corrected chi connectivity index (χ1v) is 3.78. The van der Waals surface area contributed by atoms with Crippen molar-refractivity contribution in [2.75, 3.05) is 5.32 Å². The Labute approximate surface area is 70.0 Å². The third-order valence-corrected chi connectivity index (χ3v) is 2.01. The third-order valence-electron chi connectivity index (χ3n) is 2.01. The van der Waals surface area contributed by atoms with Crippen molar-refractivity contribution >= 4 is 11.6 Å². The molecule has 1 amide bonds. The lowest BCUT2D eigenvalue weighted by molar-refractivity contribution is -0.123. The van der Waals surface area contributed by atoms with Gasteiger partial charge in [0.15, 0.2) is 6.10 Å². The first-order valence-electron chi connectivity index (χ1n) is 3.78. The van der Waals surface area contributed by atoms with Crippen LogP contribution in [-0.2, 0) is 4.79 Å². The zero-order valence-electron chi connectivity index (χ0n) is 6.66. The second kappa shape index (κ2) is 2.32. The summed E-state index contributed by atoms with van der Waals surface area (Å²) in [5.41, 5.74) is 2.45. The van der Waals surface area contributed by atoms with E-state index in [-0.39, 0.29) is 5.91 Å². The van der Waals surface area contributed by atoms with Gasteiger partial charge in [0.2, 0.25) is 0 Å². The predicted molar refractivity (Wildman–Crippen MR) is 44.8 cm³/mol. The highest BCUT2D eigenvalue weighted by molar-refractivity contribution is 6.01. The van der Waals surface area contributed by atoms with E-state index in [1.165, 1.54) is 0 Å². The minimum Gasteiger partial charge on any atom is -0.378 e. The number of aryl methyl sites for hydroxylation is 1. The molecule has 1 atom stereocenters. The van der Waals surface area contributed by atoms with E-state index in [0.717, 1.165) is 11.3 Å². The number of carbonyl (C=O) groups excluding carboxylic acids is 1. The standard InChI is InChI=1S/C9H9NO2/c1-5-2-3-7-6(4-5)8(11)9(12)10-7/h2-4,8,11H,1H3,(H,10,12)/t8-/m0/s1. The van der Waals surface area contributed by atoms with E-state index < -0.39 is 6.10 Å². The van der Waals surface area contributed by atoms with Crippen LogP contribution in [0.3, 0.4) is 0 Å². The highest BCUT2D eigenvalue weighted by atomic mass is 16.3. The second-order valence-electron chi connectivity index (χ2n) is 2.98. The molecular formula is C9H9NO2. The van der Waals surface area contributed by atoms with Crippen LogP contribution >= 0.6 is 0 Å². The van der Waals surface area contributed by atoms with Gasteiger partial charge in [0.25, 0.3) is 5.91 Å². The summed E-state index contributed by atoms with van der Waals surface area (Å²) in [4.78, 5) is 11.0. The molecule has 1 heterocycles. The summed E-state index contributed by atoms with van der Waals surface area (Å²) in [5.74, 6) is -0.337. The summed E-state index contributed by atoms with van der Waals surface area (Å²) in [6, 6.07) is 5.52. The topological polar surface area (TPSA) is 49.3 Å². The zero-order chi connectivity index (χ0) is 8.72. The molecule has 1 aliphatic heterocycles. The van der Waals surface area contributed by atoms with Crippen LogP contribution in [0.5, 0.6) is 0 Å². The molecule has 0 saturated heterocycles. The highest BCUT2D eigenvalue weighted by Gasteiger charge is 2.27. The highest BCUT2D eigenvalue weighted by Crippen LogP contribution is 2.30. The van der Waals surface area contributed by atoms with Crippen molar-refractivity contribution in [1.82, 2.24) is 0 Å². The van der Waals surface area contributed by atoms with Gasteiger partial charge in [-0.2, -0.15) is 0 Å². The van der Waals surface area contributed by atoms with Crippen molar-refractivity contribution in [1.29, 1.82) is 0 Å². The monoisotopic (exact) mass is 163 g/mol. The van der Waals surface area contributed by atoms with Crippen LogP contribution in [0, 0.1) is 6.92 Å². The van der Waals surface area contributed by atoms with Crippen molar-refractivity contribution in [3.05, 3.63) is 29.3 Å². The fourth-order valence-corrected chi connectivity index (χ4v) is 1.36. The van der Waals surface area contributed by atoms with E-state index >= 15 is 0 Å². The molecule has 3 heteroatoms. The van der Waals surface area contributed by atoms with E-state index in [9.17, 15) is 9.90 Å². The summed E-state index contributed by atoms with van der Waals surface area (Å²) in [7, 11) is 0. The molecular weight excluding hydrogens is 154 g/mol. The molecule has 1 aromatic rings. The van der Waals surface area contributed by atoms with Crippen LogP contribution in [0.4, 0.5) is 5.69 Å². The van der Waals surface area contributed by atoms with Crippen LogP contribution in [0.1, 0.15) is 17.2 Å². The quantitative estimate of drug-likeness (QED) is 0.599. The maximum atomic E-state index is 11.0. The molecule has 0 spiro atoms. The molecule has 1 aliphatic rings. The van der Waals surface area contributed by atoms with Crippen molar-refractivity contribution in [3.63, 3.8) is 0 Å². The Morgan fingerprint density at radius 2 is 2.25 bits per heavy atom. The summed E-state index contributed by atoms with van der Waals surface area (Å²) < 4.78 is 0. The van der Waals surface area contributed by atoms with E-state index in [1.807, 2.05) is 19.1 Å². The van der Waals surface area contributed by atoms with Crippen LogP contribution in [0.25, 0.3) is 0 Å². The summed E-state index contributed by atoms with van der Waals surface area (Å²) in [5, 5.41) is 11.9. The average molecular weight is 163 g/mol. The molecule has 0 saturated carbocycles. The van der Waals surface area contributed by atoms with Crippen molar-refractivity contribution in [2.45, 2.75) is 13.0 Å². The Kier molecular flexibility index (Phi) is 1.41. The number of aliphatic hydroxyl groups is 1. The fraction of sp³-hybridized carbons (Fsp3) is 0.222. The Hall–Kier alpha value is -1.35. The lowest BCUT2D eigenvalue weighted by Crippen LogP contribution is -2.10. The van der Waals surface area contributed by atoms with Gasteiger partial charge in [0.1, 0.15) is 0 Å².